The molecule has 2 fully saturated rings. The van der Waals surface area contributed by atoms with Crippen molar-refractivity contribution in [3.05, 3.63) is 28.8 Å². The summed E-state index contributed by atoms with van der Waals surface area (Å²) in [6, 6.07) is 5.91. The van der Waals surface area contributed by atoms with Gasteiger partial charge in [-0.15, -0.1) is 0 Å². The molecule has 0 aromatic heterocycles. The van der Waals surface area contributed by atoms with Gasteiger partial charge in [-0.25, -0.2) is 0 Å². The molecule has 2 aliphatic heterocycles. The summed E-state index contributed by atoms with van der Waals surface area (Å²) in [5.74, 6) is 0.0658. The summed E-state index contributed by atoms with van der Waals surface area (Å²) in [7, 11) is 0. The number of benzene rings is 1. The molecule has 2 saturated heterocycles. The van der Waals surface area contributed by atoms with E-state index in [9.17, 15) is 4.79 Å². The van der Waals surface area contributed by atoms with Crippen molar-refractivity contribution in [2.45, 2.75) is 38.3 Å². The fourth-order valence-electron chi connectivity index (χ4n) is 3.48. The highest BCUT2D eigenvalue weighted by Crippen LogP contribution is 2.26. The van der Waals surface area contributed by atoms with E-state index >= 15 is 0 Å². The minimum atomic E-state index is 0.0658. The molecule has 0 bridgehead atoms. The smallest absolute Gasteiger partial charge is 0.254 e. The third-order valence-electron chi connectivity index (χ3n) is 4.69. The summed E-state index contributed by atoms with van der Waals surface area (Å²) in [5.41, 5.74) is 6.91. The topological polar surface area (TPSA) is 49.6 Å². The lowest BCUT2D eigenvalue weighted by atomic mass is 9.96. The summed E-state index contributed by atoms with van der Waals surface area (Å²) in [5, 5.41) is 0.497. The summed E-state index contributed by atoms with van der Waals surface area (Å²) < 4.78 is 0. The lowest BCUT2D eigenvalue weighted by Gasteiger charge is -2.47. The van der Waals surface area contributed by atoms with Gasteiger partial charge in [-0.1, -0.05) is 18.0 Å². The SMILES string of the molecule is CC1CN2CCCCC2CN1C(=O)c1ccc(Cl)c(N)c1. The average Bonchev–Trinajstić information content (AvgIpc) is 2.48. The van der Waals surface area contributed by atoms with E-state index in [0.717, 1.165) is 13.1 Å². The van der Waals surface area contributed by atoms with Crippen LogP contribution in [0.1, 0.15) is 36.5 Å². The van der Waals surface area contributed by atoms with Crippen LogP contribution in [0.5, 0.6) is 0 Å². The van der Waals surface area contributed by atoms with Gasteiger partial charge in [0.1, 0.15) is 0 Å². The fraction of sp³-hybridized carbons (Fsp3) is 0.562. The van der Waals surface area contributed by atoms with E-state index in [1.54, 1.807) is 18.2 Å². The Labute approximate surface area is 130 Å². The standard InChI is InChI=1S/C16H22ClN3O/c1-11-9-19-7-3-2-4-13(19)10-20(11)16(21)12-5-6-14(17)15(18)8-12/h5-6,8,11,13H,2-4,7,9-10,18H2,1H3. The second-order valence-electron chi connectivity index (χ2n) is 6.19. The van der Waals surface area contributed by atoms with E-state index in [-0.39, 0.29) is 11.9 Å². The minimum absolute atomic E-state index is 0.0658. The van der Waals surface area contributed by atoms with Gasteiger partial charge in [0.25, 0.3) is 5.91 Å². The van der Waals surface area contributed by atoms with Crippen molar-refractivity contribution in [3.8, 4) is 0 Å². The molecule has 4 nitrogen and oxygen atoms in total. The number of nitrogens with zero attached hydrogens (tertiary/aromatic N) is 2. The molecular weight excluding hydrogens is 286 g/mol. The maximum Gasteiger partial charge on any atom is 0.254 e. The Balaban J connectivity index is 1.78. The maximum atomic E-state index is 12.8. The first kappa shape index (κ1) is 14.7. The average molecular weight is 308 g/mol. The third kappa shape index (κ3) is 2.87. The first-order valence-corrected chi connectivity index (χ1v) is 8.04. The van der Waals surface area contributed by atoms with Crippen LogP contribution < -0.4 is 5.73 Å². The van der Waals surface area contributed by atoms with Crippen molar-refractivity contribution >= 4 is 23.2 Å². The zero-order valence-corrected chi connectivity index (χ0v) is 13.1. The van der Waals surface area contributed by atoms with Gasteiger partial charge in [-0.3, -0.25) is 9.69 Å². The largest absolute Gasteiger partial charge is 0.398 e. The van der Waals surface area contributed by atoms with Crippen LogP contribution in [0.3, 0.4) is 0 Å². The van der Waals surface area contributed by atoms with Crippen LogP contribution in [0.15, 0.2) is 18.2 Å². The van der Waals surface area contributed by atoms with Crippen LogP contribution in [0.25, 0.3) is 0 Å². The highest BCUT2D eigenvalue weighted by atomic mass is 35.5. The molecule has 2 aliphatic rings. The van der Waals surface area contributed by atoms with Gasteiger partial charge >= 0.3 is 0 Å². The molecule has 1 aromatic rings. The van der Waals surface area contributed by atoms with Gasteiger partial charge in [-0.05, 0) is 44.5 Å². The maximum absolute atomic E-state index is 12.8. The number of anilines is 1. The molecule has 0 spiro atoms. The van der Waals surface area contributed by atoms with Crippen molar-refractivity contribution in [3.63, 3.8) is 0 Å². The van der Waals surface area contributed by atoms with Crippen LogP contribution in [-0.2, 0) is 0 Å². The summed E-state index contributed by atoms with van der Waals surface area (Å²) in [6.45, 7) is 5.09. The molecule has 1 aromatic carbocycles. The number of fused-ring (bicyclic) bond motifs is 1. The second kappa shape index (κ2) is 5.85. The molecule has 0 radical (unpaired) electrons. The number of carbonyl (C=O) groups is 1. The Morgan fingerprint density at radius 3 is 2.90 bits per heavy atom. The zero-order chi connectivity index (χ0) is 15.0. The molecule has 2 atom stereocenters. The molecule has 1 amide bonds. The van der Waals surface area contributed by atoms with Crippen LogP contribution in [0.4, 0.5) is 5.69 Å². The molecule has 2 heterocycles. The number of piperidine rings is 1. The van der Waals surface area contributed by atoms with Crippen LogP contribution in [0, 0.1) is 0 Å². The predicted octanol–water partition coefficient (Wildman–Crippen LogP) is 2.62. The Morgan fingerprint density at radius 1 is 1.33 bits per heavy atom. The van der Waals surface area contributed by atoms with Crippen molar-refractivity contribution in [2.75, 3.05) is 25.4 Å². The normalized spacial score (nSPS) is 26.5. The highest BCUT2D eigenvalue weighted by molar-refractivity contribution is 6.33. The van der Waals surface area contributed by atoms with Gasteiger partial charge in [0, 0.05) is 30.7 Å². The van der Waals surface area contributed by atoms with Crippen LogP contribution >= 0.6 is 11.6 Å². The van der Waals surface area contributed by atoms with Crippen molar-refractivity contribution in [1.29, 1.82) is 0 Å². The number of rotatable bonds is 1. The lowest BCUT2D eigenvalue weighted by Crippen LogP contribution is -2.60. The van der Waals surface area contributed by atoms with E-state index in [1.165, 1.54) is 25.8 Å². The number of amides is 1. The molecule has 0 saturated carbocycles. The minimum Gasteiger partial charge on any atom is -0.398 e. The Morgan fingerprint density at radius 2 is 2.14 bits per heavy atom. The summed E-state index contributed by atoms with van der Waals surface area (Å²) in [4.78, 5) is 17.3. The van der Waals surface area contributed by atoms with Gasteiger partial charge in [0.15, 0.2) is 0 Å². The van der Waals surface area contributed by atoms with Crippen molar-refractivity contribution in [1.82, 2.24) is 9.80 Å². The quantitative estimate of drug-likeness (QED) is 0.811. The number of nitrogens with two attached hydrogens (primary N) is 1. The molecule has 2 unspecified atom stereocenters. The first-order valence-electron chi connectivity index (χ1n) is 7.66. The number of halogens is 1. The molecule has 3 rings (SSSR count). The second-order valence-corrected chi connectivity index (χ2v) is 6.59. The van der Waals surface area contributed by atoms with Crippen molar-refractivity contribution in [2.24, 2.45) is 0 Å². The Kier molecular flexibility index (Phi) is 4.09. The van der Waals surface area contributed by atoms with Crippen LogP contribution in [-0.4, -0.2) is 47.4 Å². The summed E-state index contributed by atoms with van der Waals surface area (Å²) in [6.07, 6.45) is 3.75. The van der Waals surface area contributed by atoms with E-state index in [1.807, 2.05) is 4.90 Å². The lowest BCUT2D eigenvalue weighted by molar-refractivity contribution is 0.0152. The number of hydrogen-bond acceptors (Lipinski definition) is 3. The Hall–Kier alpha value is -1.26. The van der Waals surface area contributed by atoms with Gasteiger partial charge in [0.05, 0.1) is 10.7 Å². The molecule has 5 heteroatoms. The van der Waals surface area contributed by atoms with Gasteiger partial charge in [0.2, 0.25) is 0 Å². The molecule has 2 N–H and O–H groups in total. The van der Waals surface area contributed by atoms with E-state index in [4.69, 9.17) is 17.3 Å². The Bertz CT molecular complexity index is 548. The van der Waals surface area contributed by atoms with E-state index < -0.39 is 0 Å². The molecular formula is C16H22ClN3O. The highest BCUT2D eigenvalue weighted by Gasteiger charge is 2.35. The number of carbonyl (C=O) groups excluding carboxylic acids is 1. The van der Waals surface area contributed by atoms with Gasteiger partial charge in [-0.2, -0.15) is 0 Å². The van der Waals surface area contributed by atoms with Crippen molar-refractivity contribution < 1.29 is 4.79 Å². The first-order chi connectivity index (χ1) is 10.1. The predicted molar refractivity (Wildman–Crippen MR) is 85.6 cm³/mol. The number of hydrogen-bond donors (Lipinski definition) is 1. The molecule has 0 aliphatic carbocycles. The molecule has 114 valence electrons. The monoisotopic (exact) mass is 307 g/mol. The molecule has 21 heavy (non-hydrogen) atoms. The van der Waals surface area contributed by atoms with Crippen LogP contribution in [0.2, 0.25) is 5.02 Å². The number of piperazine rings is 1. The zero-order valence-electron chi connectivity index (χ0n) is 12.4. The summed E-state index contributed by atoms with van der Waals surface area (Å²) >= 11 is 5.93. The van der Waals surface area contributed by atoms with Gasteiger partial charge < -0.3 is 10.6 Å². The fourth-order valence-corrected chi connectivity index (χ4v) is 3.60. The third-order valence-corrected chi connectivity index (χ3v) is 5.04. The van der Waals surface area contributed by atoms with E-state index in [0.29, 0.717) is 22.3 Å². The van der Waals surface area contributed by atoms with E-state index in [2.05, 4.69) is 11.8 Å². The number of nitrogen functional groups attached to an aromatic ring is 1.